The summed E-state index contributed by atoms with van der Waals surface area (Å²) in [4.78, 5) is 8.20. The van der Waals surface area contributed by atoms with Gasteiger partial charge in [-0.1, -0.05) is 26.0 Å². The normalized spacial score (nSPS) is 11.9. The predicted octanol–water partition coefficient (Wildman–Crippen LogP) is 2.74. The Hall–Kier alpha value is -2.63. The zero-order valence-corrected chi connectivity index (χ0v) is 14.9. The molecule has 5 nitrogen and oxygen atoms in total. The van der Waals surface area contributed by atoms with Gasteiger partial charge in [0.25, 0.3) is 0 Å². The van der Waals surface area contributed by atoms with Gasteiger partial charge in [0.15, 0.2) is 5.96 Å². The van der Waals surface area contributed by atoms with Crippen LogP contribution in [0.25, 0.3) is 0 Å². The number of hydrogen-bond donors (Lipinski definition) is 2. The smallest absolute Gasteiger partial charge is 0.191 e. The van der Waals surface area contributed by atoms with Gasteiger partial charge in [-0.15, -0.1) is 0 Å². The average Bonchev–Trinajstić information content (AvgIpc) is 2.62. The summed E-state index contributed by atoms with van der Waals surface area (Å²) in [6, 6.07) is 10.4. The van der Waals surface area contributed by atoms with Crippen LogP contribution in [0.1, 0.15) is 19.4 Å². The molecule has 0 saturated heterocycles. The zero-order chi connectivity index (χ0) is 18.1. The Labute approximate surface area is 148 Å². The fourth-order valence-electron chi connectivity index (χ4n) is 2.31. The van der Waals surface area contributed by atoms with Crippen molar-refractivity contribution in [2.24, 2.45) is 4.99 Å². The maximum absolute atomic E-state index is 13.4. The number of rotatable bonds is 7. The van der Waals surface area contributed by atoms with Crippen molar-refractivity contribution in [3.8, 4) is 5.75 Å². The number of nitrogens with zero attached hydrogens (tertiary/aromatic N) is 2. The molecule has 0 unspecified atom stereocenters. The molecule has 2 rings (SSSR count). The van der Waals surface area contributed by atoms with Crippen molar-refractivity contribution in [1.29, 1.82) is 0 Å². The largest absolute Gasteiger partial charge is 0.490 e. The van der Waals surface area contributed by atoms with E-state index < -0.39 is 0 Å². The molecule has 0 aliphatic rings. The summed E-state index contributed by atoms with van der Waals surface area (Å²) in [5, 5.41) is 6.47. The van der Waals surface area contributed by atoms with Crippen molar-refractivity contribution in [1.82, 2.24) is 15.6 Å². The lowest BCUT2D eigenvalue weighted by molar-refractivity contribution is 0.320. The Balaban J connectivity index is 1.77. The molecule has 0 bridgehead atoms. The molecule has 0 spiro atoms. The number of aliphatic imine (C=N–C) groups is 1. The highest BCUT2D eigenvalue weighted by molar-refractivity contribution is 5.79. The van der Waals surface area contributed by atoms with Gasteiger partial charge in [0.1, 0.15) is 18.2 Å². The second-order valence-corrected chi connectivity index (χ2v) is 6.28. The lowest BCUT2D eigenvalue weighted by Gasteiger charge is -2.26. The molecule has 1 aromatic carbocycles. The highest BCUT2D eigenvalue weighted by Gasteiger charge is 2.21. The molecule has 0 aliphatic carbocycles. The first kappa shape index (κ1) is 18.7. The van der Waals surface area contributed by atoms with Crippen LogP contribution in [0, 0.1) is 5.82 Å². The van der Waals surface area contributed by atoms with Crippen LogP contribution in [0.15, 0.2) is 53.8 Å². The molecule has 6 heteroatoms. The van der Waals surface area contributed by atoms with Crippen molar-refractivity contribution >= 4 is 5.96 Å². The van der Waals surface area contributed by atoms with Gasteiger partial charge >= 0.3 is 0 Å². The van der Waals surface area contributed by atoms with Crippen LogP contribution in [0.4, 0.5) is 4.39 Å². The fourth-order valence-corrected chi connectivity index (χ4v) is 2.31. The van der Waals surface area contributed by atoms with E-state index in [1.807, 2.05) is 18.2 Å². The lowest BCUT2D eigenvalue weighted by atomic mass is 9.84. The van der Waals surface area contributed by atoms with E-state index in [1.165, 1.54) is 6.07 Å². The number of pyridine rings is 1. The third-order valence-corrected chi connectivity index (χ3v) is 3.83. The molecule has 25 heavy (non-hydrogen) atoms. The first-order valence-corrected chi connectivity index (χ1v) is 8.25. The van der Waals surface area contributed by atoms with Gasteiger partial charge < -0.3 is 15.4 Å². The van der Waals surface area contributed by atoms with Gasteiger partial charge in [-0.05, 0) is 29.8 Å². The predicted molar refractivity (Wildman–Crippen MR) is 98.5 cm³/mol. The van der Waals surface area contributed by atoms with Crippen LogP contribution in [-0.2, 0) is 5.41 Å². The molecule has 1 heterocycles. The topological polar surface area (TPSA) is 58.5 Å². The van der Waals surface area contributed by atoms with E-state index >= 15 is 0 Å². The monoisotopic (exact) mass is 344 g/mol. The molecule has 0 amide bonds. The quantitative estimate of drug-likeness (QED) is 0.461. The molecule has 0 saturated carbocycles. The van der Waals surface area contributed by atoms with E-state index in [4.69, 9.17) is 4.74 Å². The molecule has 1 aromatic heterocycles. The summed E-state index contributed by atoms with van der Waals surface area (Å²) in [5.41, 5.74) is 0.710. The second-order valence-electron chi connectivity index (χ2n) is 6.28. The maximum atomic E-state index is 13.4. The minimum atomic E-state index is -0.230. The van der Waals surface area contributed by atoms with Crippen LogP contribution >= 0.6 is 0 Å². The summed E-state index contributed by atoms with van der Waals surface area (Å²) >= 11 is 0. The molecule has 0 fully saturated rings. The summed E-state index contributed by atoms with van der Waals surface area (Å²) in [7, 11) is 1.71. The lowest BCUT2D eigenvalue weighted by Crippen LogP contribution is -2.44. The standard InChI is InChI=1S/C19H25FN4O/c1-19(2,15-6-4-7-16(20)12-15)14-24-18(21-3)23-10-11-25-17-8-5-9-22-13-17/h4-9,12-13H,10-11,14H2,1-3H3,(H2,21,23,24). The summed E-state index contributed by atoms with van der Waals surface area (Å²) in [5.74, 6) is 1.19. The summed E-state index contributed by atoms with van der Waals surface area (Å²) < 4.78 is 19.0. The minimum Gasteiger partial charge on any atom is -0.490 e. The Kier molecular flexibility index (Phi) is 6.74. The van der Waals surface area contributed by atoms with Crippen LogP contribution in [0.5, 0.6) is 5.75 Å². The molecule has 2 N–H and O–H groups in total. The number of ether oxygens (including phenoxy) is 1. The van der Waals surface area contributed by atoms with Gasteiger partial charge in [0, 0.05) is 25.2 Å². The van der Waals surface area contributed by atoms with E-state index in [0.717, 1.165) is 11.3 Å². The number of guanidine groups is 1. The SMILES string of the molecule is CN=C(NCCOc1cccnc1)NCC(C)(C)c1cccc(F)c1. The number of halogens is 1. The van der Waals surface area contributed by atoms with Gasteiger partial charge in [0.05, 0.1) is 12.7 Å². The van der Waals surface area contributed by atoms with E-state index in [0.29, 0.717) is 25.7 Å². The third-order valence-electron chi connectivity index (χ3n) is 3.83. The van der Waals surface area contributed by atoms with Crippen LogP contribution < -0.4 is 15.4 Å². The number of nitrogens with one attached hydrogen (secondary N) is 2. The third kappa shape index (κ3) is 6.06. The Morgan fingerprint density at radius 3 is 2.76 bits per heavy atom. The van der Waals surface area contributed by atoms with Crippen molar-refractivity contribution in [3.05, 3.63) is 60.2 Å². The van der Waals surface area contributed by atoms with E-state index in [1.54, 1.807) is 31.6 Å². The molecule has 0 atom stereocenters. The fraction of sp³-hybridized carbons (Fsp3) is 0.368. The number of hydrogen-bond acceptors (Lipinski definition) is 3. The highest BCUT2D eigenvalue weighted by atomic mass is 19.1. The molecular formula is C19H25FN4O. The van der Waals surface area contributed by atoms with Gasteiger partial charge in [-0.25, -0.2) is 4.39 Å². The van der Waals surface area contributed by atoms with E-state index in [9.17, 15) is 4.39 Å². The minimum absolute atomic E-state index is 0.222. The highest BCUT2D eigenvalue weighted by Crippen LogP contribution is 2.22. The van der Waals surface area contributed by atoms with Crippen LogP contribution in [0.3, 0.4) is 0 Å². The van der Waals surface area contributed by atoms with Crippen molar-refractivity contribution in [2.45, 2.75) is 19.3 Å². The molecule has 0 aliphatic heterocycles. The molecular weight excluding hydrogens is 319 g/mol. The Morgan fingerprint density at radius 2 is 2.08 bits per heavy atom. The molecule has 134 valence electrons. The summed E-state index contributed by atoms with van der Waals surface area (Å²) in [6.45, 7) is 5.86. The van der Waals surface area contributed by atoms with Gasteiger partial charge in [-0.2, -0.15) is 0 Å². The number of benzene rings is 1. The summed E-state index contributed by atoms with van der Waals surface area (Å²) in [6.07, 6.45) is 3.38. The van der Waals surface area contributed by atoms with E-state index in [2.05, 4.69) is 34.5 Å². The Morgan fingerprint density at radius 1 is 1.24 bits per heavy atom. The maximum Gasteiger partial charge on any atom is 0.191 e. The number of aromatic nitrogens is 1. The molecule has 2 aromatic rings. The van der Waals surface area contributed by atoms with Crippen molar-refractivity contribution < 1.29 is 9.13 Å². The molecule has 0 radical (unpaired) electrons. The van der Waals surface area contributed by atoms with Gasteiger partial charge in [-0.3, -0.25) is 9.98 Å². The average molecular weight is 344 g/mol. The first-order chi connectivity index (χ1) is 12.0. The first-order valence-electron chi connectivity index (χ1n) is 8.25. The second kappa shape index (κ2) is 9.01. The van der Waals surface area contributed by atoms with Gasteiger partial charge in [0.2, 0.25) is 0 Å². The zero-order valence-electron chi connectivity index (χ0n) is 14.9. The van der Waals surface area contributed by atoms with Crippen molar-refractivity contribution in [2.75, 3.05) is 26.7 Å². The Bertz CT molecular complexity index is 689. The van der Waals surface area contributed by atoms with Crippen molar-refractivity contribution in [3.63, 3.8) is 0 Å². The van der Waals surface area contributed by atoms with Crippen LogP contribution in [-0.4, -0.2) is 37.7 Å². The van der Waals surface area contributed by atoms with Crippen LogP contribution in [0.2, 0.25) is 0 Å². The van der Waals surface area contributed by atoms with E-state index in [-0.39, 0.29) is 11.2 Å².